The number of hydrogen-bond donors (Lipinski definition) is 2. The van der Waals surface area contributed by atoms with Crippen LogP contribution in [0.3, 0.4) is 0 Å². The Morgan fingerprint density at radius 3 is 2.52 bits per heavy atom. The summed E-state index contributed by atoms with van der Waals surface area (Å²) in [5.41, 5.74) is 6.04. The quantitative estimate of drug-likeness (QED) is 0.884. The highest BCUT2D eigenvalue weighted by Gasteiger charge is 2.31. The van der Waals surface area contributed by atoms with Crippen molar-refractivity contribution in [3.05, 3.63) is 35.9 Å². The van der Waals surface area contributed by atoms with Gasteiger partial charge in [0.1, 0.15) is 5.54 Å². The maximum Gasteiger partial charge on any atom is 0.244 e. The largest absolute Gasteiger partial charge is 0.353 e. The fraction of sp³-hybridized carbons (Fsp3) is 0.533. The van der Waals surface area contributed by atoms with Gasteiger partial charge in [0.05, 0.1) is 0 Å². The lowest BCUT2D eigenvalue weighted by Crippen LogP contribution is -2.51. The molecule has 120 valence electrons. The van der Waals surface area contributed by atoms with Crippen LogP contribution in [-0.4, -0.2) is 37.0 Å². The van der Waals surface area contributed by atoms with Crippen LogP contribution in [0.2, 0.25) is 0 Å². The highest BCUT2D eigenvalue weighted by molar-refractivity contribution is 5.87. The number of nitrogens with zero attached hydrogens (tertiary/aromatic N) is 1. The molecule has 3 N–H and O–H groups in total. The smallest absolute Gasteiger partial charge is 0.244 e. The topological polar surface area (TPSA) is 58.4 Å². The molecule has 2 unspecified atom stereocenters. The summed E-state index contributed by atoms with van der Waals surface area (Å²) >= 11 is 0. The zero-order valence-electron chi connectivity index (χ0n) is 12.5. The number of carbonyl (C=O) groups is 1. The molecule has 1 amide bonds. The van der Waals surface area contributed by atoms with E-state index in [0.29, 0.717) is 12.6 Å². The minimum absolute atomic E-state index is 0. The first kappa shape index (κ1) is 20.2. The Morgan fingerprint density at radius 2 is 2.00 bits per heavy atom. The Hall–Kier alpha value is -0.810. The van der Waals surface area contributed by atoms with Crippen LogP contribution in [-0.2, 0) is 10.3 Å². The van der Waals surface area contributed by atoms with Gasteiger partial charge < -0.3 is 16.0 Å². The highest BCUT2D eigenvalue weighted by Crippen LogP contribution is 2.18. The predicted molar refractivity (Wildman–Crippen MR) is 91.1 cm³/mol. The fourth-order valence-corrected chi connectivity index (χ4v) is 2.55. The first-order valence-corrected chi connectivity index (χ1v) is 6.85. The molecule has 0 bridgehead atoms. The molecule has 4 nitrogen and oxygen atoms in total. The maximum absolute atomic E-state index is 12.3. The lowest BCUT2D eigenvalue weighted by atomic mass is 9.92. The van der Waals surface area contributed by atoms with E-state index in [1.54, 1.807) is 6.92 Å². The normalized spacial score (nSPS) is 20.8. The number of halogens is 2. The van der Waals surface area contributed by atoms with Crippen molar-refractivity contribution < 1.29 is 4.79 Å². The van der Waals surface area contributed by atoms with E-state index in [4.69, 9.17) is 5.73 Å². The van der Waals surface area contributed by atoms with Gasteiger partial charge in [-0.1, -0.05) is 30.3 Å². The molecule has 6 heteroatoms. The van der Waals surface area contributed by atoms with Gasteiger partial charge in [0.15, 0.2) is 0 Å². The molecule has 0 aliphatic carbocycles. The molecule has 1 fully saturated rings. The highest BCUT2D eigenvalue weighted by atomic mass is 35.5. The molecule has 1 aromatic rings. The predicted octanol–water partition coefficient (Wildman–Crippen LogP) is 1.91. The van der Waals surface area contributed by atoms with Gasteiger partial charge in [0.2, 0.25) is 5.91 Å². The number of nitrogens with two attached hydrogens (primary N) is 1. The third-order valence-corrected chi connectivity index (χ3v) is 4.01. The second-order valence-electron chi connectivity index (χ2n) is 5.56. The van der Waals surface area contributed by atoms with Crippen LogP contribution in [0.25, 0.3) is 0 Å². The Morgan fingerprint density at radius 1 is 1.38 bits per heavy atom. The van der Waals surface area contributed by atoms with Crippen molar-refractivity contribution in [3.8, 4) is 0 Å². The molecular weight excluding hydrogens is 309 g/mol. The number of benzene rings is 1. The van der Waals surface area contributed by atoms with Crippen molar-refractivity contribution in [2.45, 2.75) is 31.3 Å². The third-order valence-electron chi connectivity index (χ3n) is 4.01. The van der Waals surface area contributed by atoms with Gasteiger partial charge in [-0.25, -0.2) is 0 Å². The molecule has 1 heterocycles. The van der Waals surface area contributed by atoms with Gasteiger partial charge in [-0.05, 0) is 38.9 Å². The molecule has 0 radical (unpaired) electrons. The number of likely N-dealkylation sites (N-methyl/N-ethyl adjacent to an activating group) is 1. The summed E-state index contributed by atoms with van der Waals surface area (Å²) in [5.74, 6) is -0.112. The molecule has 1 aliphatic heterocycles. The Bertz CT molecular complexity index is 440. The van der Waals surface area contributed by atoms with Crippen molar-refractivity contribution >= 4 is 30.7 Å². The molecule has 2 atom stereocenters. The van der Waals surface area contributed by atoms with Crippen molar-refractivity contribution in [3.63, 3.8) is 0 Å². The van der Waals surface area contributed by atoms with Crippen LogP contribution < -0.4 is 11.1 Å². The van der Waals surface area contributed by atoms with Crippen molar-refractivity contribution in [2.24, 2.45) is 5.73 Å². The average molecular weight is 334 g/mol. The fourth-order valence-electron chi connectivity index (χ4n) is 2.55. The van der Waals surface area contributed by atoms with E-state index in [2.05, 4.69) is 17.3 Å². The summed E-state index contributed by atoms with van der Waals surface area (Å²) in [6, 6.07) is 9.94. The van der Waals surface area contributed by atoms with Crippen molar-refractivity contribution in [1.82, 2.24) is 10.2 Å². The standard InChI is InChI=1S/C15H23N3O.2ClH/c1-15(16,12-7-4-3-5-8-12)14(19)17-11-13-9-6-10-18(13)2;;/h3-5,7-8,13H,6,9-11,16H2,1-2H3,(H,17,19);2*1H. The van der Waals surface area contributed by atoms with Crippen LogP contribution in [0.1, 0.15) is 25.3 Å². The molecule has 1 aliphatic rings. The molecule has 1 aromatic carbocycles. The summed E-state index contributed by atoms with van der Waals surface area (Å²) in [7, 11) is 2.10. The monoisotopic (exact) mass is 333 g/mol. The molecule has 0 spiro atoms. The van der Waals surface area contributed by atoms with Crippen LogP contribution >= 0.6 is 24.8 Å². The lowest BCUT2D eigenvalue weighted by Gasteiger charge is -2.26. The molecule has 1 saturated heterocycles. The Labute approximate surface area is 139 Å². The van der Waals surface area contributed by atoms with E-state index in [-0.39, 0.29) is 30.7 Å². The van der Waals surface area contributed by atoms with Gasteiger partial charge in [0, 0.05) is 12.6 Å². The summed E-state index contributed by atoms with van der Waals surface area (Å²) in [5, 5.41) is 2.99. The van der Waals surface area contributed by atoms with Crippen LogP contribution in [0.15, 0.2) is 30.3 Å². The zero-order chi connectivity index (χ0) is 13.9. The second-order valence-corrected chi connectivity index (χ2v) is 5.56. The molecule has 0 saturated carbocycles. The molecule has 21 heavy (non-hydrogen) atoms. The van der Waals surface area contributed by atoms with Crippen LogP contribution in [0.4, 0.5) is 0 Å². The maximum atomic E-state index is 12.3. The minimum Gasteiger partial charge on any atom is -0.353 e. The molecular formula is C15H25Cl2N3O. The van der Waals surface area contributed by atoms with E-state index in [1.165, 1.54) is 6.42 Å². The SMILES string of the molecule is CN1CCCC1CNC(=O)C(C)(N)c1ccccc1.Cl.Cl. The Balaban J connectivity index is 0.00000200. The van der Waals surface area contributed by atoms with Gasteiger partial charge in [-0.2, -0.15) is 0 Å². The van der Waals surface area contributed by atoms with Crippen molar-refractivity contribution in [1.29, 1.82) is 0 Å². The van der Waals surface area contributed by atoms with E-state index in [0.717, 1.165) is 18.5 Å². The summed E-state index contributed by atoms with van der Waals surface area (Å²) in [6.07, 6.45) is 2.35. The van der Waals surface area contributed by atoms with E-state index < -0.39 is 5.54 Å². The molecule has 0 aromatic heterocycles. The first-order chi connectivity index (χ1) is 9.01. The van der Waals surface area contributed by atoms with E-state index >= 15 is 0 Å². The van der Waals surface area contributed by atoms with Gasteiger partial charge in [-0.3, -0.25) is 4.79 Å². The van der Waals surface area contributed by atoms with Gasteiger partial charge in [-0.15, -0.1) is 24.8 Å². The molecule has 2 rings (SSSR count). The van der Waals surface area contributed by atoms with E-state index in [9.17, 15) is 4.79 Å². The van der Waals surface area contributed by atoms with Crippen molar-refractivity contribution in [2.75, 3.05) is 20.1 Å². The number of carbonyl (C=O) groups excluding carboxylic acids is 1. The summed E-state index contributed by atoms with van der Waals surface area (Å²) in [6.45, 7) is 3.55. The van der Waals surface area contributed by atoms with E-state index in [1.807, 2.05) is 30.3 Å². The van der Waals surface area contributed by atoms with Gasteiger partial charge in [0.25, 0.3) is 0 Å². The number of likely N-dealkylation sites (tertiary alicyclic amines) is 1. The number of nitrogens with one attached hydrogen (secondary N) is 1. The lowest BCUT2D eigenvalue weighted by molar-refractivity contribution is -0.126. The summed E-state index contributed by atoms with van der Waals surface area (Å²) < 4.78 is 0. The average Bonchev–Trinajstić information content (AvgIpc) is 2.82. The van der Waals surface area contributed by atoms with Crippen LogP contribution in [0.5, 0.6) is 0 Å². The third kappa shape index (κ3) is 4.85. The Kier molecular flexibility index (Phi) is 8.26. The van der Waals surface area contributed by atoms with Crippen LogP contribution in [0, 0.1) is 0 Å². The number of rotatable bonds is 4. The summed E-state index contributed by atoms with van der Waals surface area (Å²) in [4.78, 5) is 14.6. The minimum atomic E-state index is -0.974. The second kappa shape index (κ2) is 8.59. The number of amides is 1. The zero-order valence-corrected chi connectivity index (χ0v) is 14.2. The first-order valence-electron chi connectivity index (χ1n) is 6.85. The van der Waals surface area contributed by atoms with Gasteiger partial charge >= 0.3 is 0 Å². The number of hydrogen-bond acceptors (Lipinski definition) is 3.